The molecular formula is C12H15F3N2O. The first-order valence-corrected chi connectivity index (χ1v) is 5.62. The van der Waals surface area contributed by atoms with E-state index in [1.54, 1.807) is 6.92 Å². The number of pyridine rings is 1. The van der Waals surface area contributed by atoms with Crippen LogP contribution >= 0.6 is 0 Å². The van der Waals surface area contributed by atoms with Crippen LogP contribution in [0.3, 0.4) is 0 Å². The average Bonchev–Trinajstić information content (AvgIpc) is 2.27. The summed E-state index contributed by atoms with van der Waals surface area (Å²) in [7, 11) is 0. The van der Waals surface area contributed by atoms with Crippen molar-refractivity contribution in [2.75, 3.05) is 18.0 Å². The lowest BCUT2D eigenvalue weighted by molar-refractivity contribution is -0.119. The summed E-state index contributed by atoms with van der Waals surface area (Å²) in [6.45, 7) is 2.45. The van der Waals surface area contributed by atoms with Crippen LogP contribution in [0.15, 0.2) is 18.3 Å². The fraction of sp³-hybridized carbons (Fsp3) is 0.500. The lowest BCUT2D eigenvalue weighted by Crippen LogP contribution is -2.34. The number of ketones is 1. The molecule has 1 aromatic rings. The van der Waals surface area contributed by atoms with Crippen LogP contribution < -0.4 is 4.90 Å². The van der Waals surface area contributed by atoms with Gasteiger partial charge < -0.3 is 4.90 Å². The molecule has 0 radical (unpaired) electrons. The van der Waals surface area contributed by atoms with Crippen molar-refractivity contribution in [3.63, 3.8) is 0 Å². The summed E-state index contributed by atoms with van der Waals surface area (Å²) in [5, 5.41) is 0. The van der Waals surface area contributed by atoms with E-state index in [9.17, 15) is 18.0 Å². The topological polar surface area (TPSA) is 33.2 Å². The first kappa shape index (κ1) is 14.5. The molecule has 18 heavy (non-hydrogen) atoms. The number of anilines is 1. The maximum Gasteiger partial charge on any atom is 0.405 e. The van der Waals surface area contributed by atoms with Crippen molar-refractivity contribution in [2.24, 2.45) is 0 Å². The van der Waals surface area contributed by atoms with Crippen molar-refractivity contribution >= 4 is 11.5 Å². The van der Waals surface area contributed by atoms with Crippen molar-refractivity contribution in [3.05, 3.63) is 24.0 Å². The van der Waals surface area contributed by atoms with Gasteiger partial charge in [-0.2, -0.15) is 13.2 Å². The Kier molecular flexibility index (Phi) is 4.69. The normalized spacial score (nSPS) is 11.4. The van der Waals surface area contributed by atoms with E-state index in [0.29, 0.717) is 18.7 Å². The Hall–Kier alpha value is -1.59. The van der Waals surface area contributed by atoms with Crippen molar-refractivity contribution in [2.45, 2.75) is 26.4 Å². The first-order chi connectivity index (χ1) is 8.33. The summed E-state index contributed by atoms with van der Waals surface area (Å²) in [6, 6.07) is 2.93. The molecule has 0 spiro atoms. The van der Waals surface area contributed by atoms with E-state index in [2.05, 4.69) is 4.98 Å². The molecule has 0 N–H and O–H groups in total. The number of hydrogen-bond donors (Lipinski definition) is 0. The SMILES string of the molecule is CCCN(CC(F)(F)F)c1ccc(C(C)=O)nc1. The Morgan fingerprint density at radius 2 is 2.06 bits per heavy atom. The number of carbonyl (C=O) groups excluding carboxylic acids is 1. The molecule has 0 bridgehead atoms. The van der Waals surface area contributed by atoms with Gasteiger partial charge in [0.15, 0.2) is 5.78 Å². The fourth-order valence-electron chi connectivity index (χ4n) is 1.57. The maximum atomic E-state index is 12.4. The van der Waals surface area contributed by atoms with Gasteiger partial charge in [0, 0.05) is 13.5 Å². The van der Waals surface area contributed by atoms with Gasteiger partial charge >= 0.3 is 6.18 Å². The average molecular weight is 260 g/mol. The van der Waals surface area contributed by atoms with Crippen LogP contribution in [-0.2, 0) is 0 Å². The van der Waals surface area contributed by atoms with E-state index < -0.39 is 12.7 Å². The van der Waals surface area contributed by atoms with E-state index >= 15 is 0 Å². The van der Waals surface area contributed by atoms with Crippen LogP contribution in [0.2, 0.25) is 0 Å². The smallest absolute Gasteiger partial charge is 0.361 e. The zero-order chi connectivity index (χ0) is 13.8. The molecule has 0 fully saturated rings. The summed E-state index contributed by atoms with van der Waals surface area (Å²) < 4.78 is 37.2. The minimum absolute atomic E-state index is 0.209. The molecule has 0 saturated carbocycles. The maximum absolute atomic E-state index is 12.4. The molecule has 0 aliphatic rings. The molecule has 0 aliphatic heterocycles. The third-order valence-electron chi connectivity index (χ3n) is 2.34. The Labute approximate surface area is 104 Å². The Balaban J connectivity index is 2.88. The molecule has 0 aromatic carbocycles. The van der Waals surface area contributed by atoms with Crippen LogP contribution in [0.4, 0.5) is 18.9 Å². The van der Waals surface area contributed by atoms with Gasteiger partial charge in [0.1, 0.15) is 12.2 Å². The minimum atomic E-state index is -4.26. The fourth-order valence-corrected chi connectivity index (χ4v) is 1.57. The molecule has 3 nitrogen and oxygen atoms in total. The van der Waals surface area contributed by atoms with Gasteiger partial charge in [0.25, 0.3) is 0 Å². The van der Waals surface area contributed by atoms with Crippen molar-refractivity contribution < 1.29 is 18.0 Å². The second-order valence-electron chi connectivity index (χ2n) is 3.99. The van der Waals surface area contributed by atoms with Gasteiger partial charge in [0.2, 0.25) is 0 Å². The van der Waals surface area contributed by atoms with Gasteiger partial charge in [0.05, 0.1) is 11.9 Å². The number of Topliss-reactive ketones (excluding diaryl/α,β-unsaturated/α-hetero) is 1. The molecule has 1 heterocycles. The largest absolute Gasteiger partial charge is 0.405 e. The third-order valence-corrected chi connectivity index (χ3v) is 2.34. The van der Waals surface area contributed by atoms with E-state index in [-0.39, 0.29) is 11.5 Å². The van der Waals surface area contributed by atoms with E-state index in [1.807, 2.05) is 0 Å². The molecule has 1 rings (SSSR count). The predicted octanol–water partition coefficient (Wildman–Crippen LogP) is 3.06. The molecule has 100 valence electrons. The first-order valence-electron chi connectivity index (χ1n) is 5.62. The monoisotopic (exact) mass is 260 g/mol. The summed E-state index contributed by atoms with van der Waals surface area (Å²) in [5.41, 5.74) is 0.626. The lowest BCUT2D eigenvalue weighted by atomic mass is 10.2. The van der Waals surface area contributed by atoms with Crippen LogP contribution in [0.5, 0.6) is 0 Å². The highest BCUT2D eigenvalue weighted by atomic mass is 19.4. The Bertz CT molecular complexity index is 401. The number of hydrogen-bond acceptors (Lipinski definition) is 3. The summed E-state index contributed by atoms with van der Waals surface area (Å²) in [6.07, 6.45) is -2.35. The highest BCUT2D eigenvalue weighted by Crippen LogP contribution is 2.22. The number of halogens is 3. The molecule has 0 saturated heterocycles. The number of rotatable bonds is 5. The highest BCUT2D eigenvalue weighted by Gasteiger charge is 2.30. The lowest BCUT2D eigenvalue weighted by Gasteiger charge is -2.25. The van der Waals surface area contributed by atoms with Crippen LogP contribution in [0.25, 0.3) is 0 Å². The number of alkyl halides is 3. The molecule has 1 aromatic heterocycles. The van der Waals surface area contributed by atoms with Gasteiger partial charge in [-0.3, -0.25) is 9.78 Å². The molecule has 0 atom stereocenters. The molecular weight excluding hydrogens is 245 g/mol. The Morgan fingerprint density at radius 1 is 1.39 bits per heavy atom. The minimum Gasteiger partial charge on any atom is -0.361 e. The van der Waals surface area contributed by atoms with Crippen molar-refractivity contribution in [1.29, 1.82) is 0 Å². The number of aromatic nitrogens is 1. The van der Waals surface area contributed by atoms with E-state index in [0.717, 1.165) is 0 Å². The summed E-state index contributed by atoms with van der Waals surface area (Å²) >= 11 is 0. The van der Waals surface area contributed by atoms with Gasteiger partial charge in [-0.25, -0.2) is 0 Å². The standard InChI is InChI=1S/C12H15F3N2O/c1-3-6-17(8-12(13,14)15)10-4-5-11(9(2)18)16-7-10/h4-5,7H,3,6,8H2,1-2H3. The number of nitrogens with zero attached hydrogens (tertiary/aromatic N) is 2. The van der Waals surface area contributed by atoms with E-state index in [1.165, 1.54) is 30.2 Å². The second kappa shape index (κ2) is 5.84. The van der Waals surface area contributed by atoms with Crippen LogP contribution in [0, 0.1) is 0 Å². The van der Waals surface area contributed by atoms with Crippen molar-refractivity contribution in [3.8, 4) is 0 Å². The van der Waals surface area contributed by atoms with Gasteiger partial charge in [-0.15, -0.1) is 0 Å². The predicted molar refractivity (Wildman–Crippen MR) is 62.8 cm³/mol. The van der Waals surface area contributed by atoms with E-state index in [4.69, 9.17) is 0 Å². The highest BCUT2D eigenvalue weighted by molar-refractivity contribution is 5.92. The summed E-state index contributed by atoms with van der Waals surface area (Å²) in [4.78, 5) is 16.1. The summed E-state index contributed by atoms with van der Waals surface area (Å²) in [5.74, 6) is -0.209. The zero-order valence-electron chi connectivity index (χ0n) is 10.3. The van der Waals surface area contributed by atoms with Gasteiger partial charge in [-0.1, -0.05) is 6.92 Å². The molecule has 0 amide bonds. The third kappa shape index (κ3) is 4.35. The molecule has 0 unspecified atom stereocenters. The zero-order valence-corrected chi connectivity index (χ0v) is 10.3. The van der Waals surface area contributed by atoms with Crippen molar-refractivity contribution in [1.82, 2.24) is 4.98 Å². The molecule has 0 aliphatic carbocycles. The number of carbonyl (C=O) groups is 1. The Morgan fingerprint density at radius 3 is 2.44 bits per heavy atom. The van der Waals surface area contributed by atoms with Crippen LogP contribution in [0.1, 0.15) is 30.8 Å². The second-order valence-corrected chi connectivity index (χ2v) is 3.99. The van der Waals surface area contributed by atoms with Crippen LogP contribution in [-0.4, -0.2) is 30.0 Å². The quantitative estimate of drug-likeness (QED) is 0.763. The molecule has 6 heteroatoms. The van der Waals surface area contributed by atoms with Gasteiger partial charge in [-0.05, 0) is 18.6 Å².